The number of nitrogens with two attached hydrogens (primary N) is 1. The van der Waals surface area contributed by atoms with E-state index in [9.17, 15) is 0 Å². The van der Waals surface area contributed by atoms with Gasteiger partial charge in [-0.2, -0.15) is 5.10 Å². The Balaban J connectivity index is 2.61. The topological polar surface area (TPSA) is 53.1 Å². The van der Waals surface area contributed by atoms with Crippen LogP contribution in [0.4, 0.5) is 0 Å². The molecule has 0 fully saturated rings. The average Bonchev–Trinajstić information content (AvgIpc) is 2.63. The first-order valence-corrected chi connectivity index (χ1v) is 6.87. The fraction of sp³-hybridized carbons (Fsp3) is 0.769. The van der Waals surface area contributed by atoms with Crippen molar-refractivity contribution in [2.45, 2.75) is 58.7 Å². The highest BCUT2D eigenvalue weighted by atomic mass is 35.5. The van der Waals surface area contributed by atoms with Gasteiger partial charge in [-0.05, 0) is 33.6 Å². The van der Waals surface area contributed by atoms with Crippen molar-refractivity contribution in [3.8, 4) is 0 Å². The minimum Gasteiger partial charge on any atom is -0.382 e. The van der Waals surface area contributed by atoms with Crippen LogP contribution in [-0.4, -0.2) is 29.0 Å². The third-order valence-electron chi connectivity index (χ3n) is 3.25. The summed E-state index contributed by atoms with van der Waals surface area (Å²) in [4.78, 5) is 0. The summed E-state index contributed by atoms with van der Waals surface area (Å²) in [6, 6.07) is 0.0986. The molecule has 1 aromatic rings. The summed E-state index contributed by atoms with van der Waals surface area (Å²) in [5.74, 6) is 0. The number of halogens is 1. The number of nitrogens with zero attached hydrogens (tertiary/aromatic N) is 2. The van der Waals surface area contributed by atoms with Crippen LogP contribution in [0, 0.1) is 6.92 Å². The maximum atomic E-state index is 6.26. The van der Waals surface area contributed by atoms with E-state index in [0.29, 0.717) is 0 Å². The van der Waals surface area contributed by atoms with Crippen LogP contribution in [0.2, 0.25) is 5.02 Å². The molecule has 5 heteroatoms. The lowest BCUT2D eigenvalue weighted by molar-refractivity contribution is 0.107. The molecule has 1 rings (SSSR count). The third kappa shape index (κ3) is 3.97. The molecule has 4 nitrogen and oxygen atoms in total. The minimum atomic E-state index is 0.0986. The van der Waals surface area contributed by atoms with Gasteiger partial charge in [-0.1, -0.05) is 11.6 Å². The van der Waals surface area contributed by atoms with E-state index in [2.05, 4.69) is 18.9 Å². The van der Waals surface area contributed by atoms with E-state index in [1.165, 1.54) is 0 Å². The molecule has 0 radical (unpaired) electrons. The summed E-state index contributed by atoms with van der Waals surface area (Å²) in [5, 5.41) is 5.15. The zero-order valence-corrected chi connectivity index (χ0v) is 12.5. The van der Waals surface area contributed by atoms with Gasteiger partial charge >= 0.3 is 0 Å². The standard InChI is InChI=1S/C13H24ClN3O/c1-5-17-12(13(14)10(3)16-17)8-11(15)7-6-9(2)18-4/h9,11H,5-8,15H2,1-4H3. The highest BCUT2D eigenvalue weighted by molar-refractivity contribution is 6.31. The maximum Gasteiger partial charge on any atom is 0.0847 e. The van der Waals surface area contributed by atoms with Crippen LogP contribution in [0.1, 0.15) is 38.1 Å². The predicted octanol–water partition coefficient (Wildman–Crippen LogP) is 2.55. The average molecular weight is 274 g/mol. The minimum absolute atomic E-state index is 0.0986. The van der Waals surface area contributed by atoms with E-state index in [4.69, 9.17) is 22.1 Å². The first kappa shape index (κ1) is 15.5. The van der Waals surface area contributed by atoms with Gasteiger partial charge in [-0.3, -0.25) is 4.68 Å². The van der Waals surface area contributed by atoms with E-state index < -0.39 is 0 Å². The van der Waals surface area contributed by atoms with E-state index in [-0.39, 0.29) is 12.1 Å². The lowest BCUT2D eigenvalue weighted by atomic mass is 10.0. The highest BCUT2D eigenvalue weighted by Gasteiger charge is 2.16. The molecular weight excluding hydrogens is 250 g/mol. The molecule has 1 heterocycles. The van der Waals surface area contributed by atoms with Gasteiger partial charge in [0.2, 0.25) is 0 Å². The van der Waals surface area contributed by atoms with Gasteiger partial charge in [0.05, 0.1) is 22.5 Å². The van der Waals surface area contributed by atoms with Crippen LogP contribution in [0.3, 0.4) is 0 Å². The first-order chi connectivity index (χ1) is 8.49. The zero-order valence-electron chi connectivity index (χ0n) is 11.7. The number of hydrogen-bond acceptors (Lipinski definition) is 3. The maximum absolute atomic E-state index is 6.26. The Labute approximate surface area is 114 Å². The van der Waals surface area contributed by atoms with E-state index in [1.807, 2.05) is 11.6 Å². The lowest BCUT2D eigenvalue weighted by Gasteiger charge is -2.15. The van der Waals surface area contributed by atoms with Crippen LogP contribution in [-0.2, 0) is 17.7 Å². The predicted molar refractivity (Wildman–Crippen MR) is 75.0 cm³/mol. The number of ether oxygens (including phenoxy) is 1. The summed E-state index contributed by atoms with van der Waals surface area (Å²) in [5.41, 5.74) is 8.09. The van der Waals surface area contributed by atoms with Gasteiger partial charge in [0, 0.05) is 26.1 Å². The van der Waals surface area contributed by atoms with Crippen molar-refractivity contribution < 1.29 is 4.74 Å². The lowest BCUT2D eigenvalue weighted by Crippen LogP contribution is -2.26. The second-order valence-corrected chi connectivity index (χ2v) is 5.13. The Morgan fingerprint density at radius 2 is 2.11 bits per heavy atom. The molecule has 0 saturated carbocycles. The normalized spacial score (nSPS) is 14.8. The Bertz CT molecular complexity index is 379. The molecule has 104 valence electrons. The van der Waals surface area contributed by atoms with Gasteiger partial charge in [-0.15, -0.1) is 0 Å². The van der Waals surface area contributed by atoms with Gasteiger partial charge in [0.15, 0.2) is 0 Å². The van der Waals surface area contributed by atoms with Crippen LogP contribution in [0.25, 0.3) is 0 Å². The molecule has 0 aliphatic heterocycles. The quantitative estimate of drug-likeness (QED) is 0.831. The highest BCUT2D eigenvalue weighted by Crippen LogP contribution is 2.22. The number of hydrogen-bond donors (Lipinski definition) is 1. The number of aryl methyl sites for hydroxylation is 2. The van der Waals surface area contributed by atoms with Gasteiger partial charge in [0.25, 0.3) is 0 Å². The Hall–Kier alpha value is -0.580. The summed E-state index contributed by atoms with van der Waals surface area (Å²) in [6.45, 7) is 6.87. The molecule has 0 aliphatic carbocycles. The molecule has 0 aromatic carbocycles. The van der Waals surface area contributed by atoms with Crippen molar-refractivity contribution in [3.05, 3.63) is 16.4 Å². The molecule has 0 bridgehead atoms. The van der Waals surface area contributed by atoms with Crippen molar-refractivity contribution in [2.75, 3.05) is 7.11 Å². The van der Waals surface area contributed by atoms with Gasteiger partial charge < -0.3 is 10.5 Å². The second kappa shape index (κ2) is 7.12. The fourth-order valence-corrected chi connectivity index (χ4v) is 2.19. The Morgan fingerprint density at radius 3 is 2.67 bits per heavy atom. The van der Waals surface area contributed by atoms with Crippen LogP contribution in [0.15, 0.2) is 0 Å². The molecule has 0 spiro atoms. The van der Waals surface area contributed by atoms with Gasteiger partial charge in [-0.25, -0.2) is 0 Å². The first-order valence-electron chi connectivity index (χ1n) is 6.49. The molecule has 1 aromatic heterocycles. The van der Waals surface area contributed by atoms with Gasteiger partial charge in [0.1, 0.15) is 0 Å². The largest absolute Gasteiger partial charge is 0.382 e. The Kier molecular flexibility index (Phi) is 6.12. The fourth-order valence-electron chi connectivity index (χ4n) is 1.98. The molecule has 0 saturated heterocycles. The van der Waals surface area contributed by atoms with Crippen molar-refractivity contribution in [1.29, 1.82) is 0 Å². The van der Waals surface area contributed by atoms with Crippen LogP contribution < -0.4 is 5.73 Å². The number of aromatic nitrogens is 2. The van der Waals surface area contributed by atoms with E-state index >= 15 is 0 Å². The number of rotatable bonds is 7. The van der Waals surface area contributed by atoms with Crippen molar-refractivity contribution in [1.82, 2.24) is 9.78 Å². The SMILES string of the molecule is CCn1nc(C)c(Cl)c1CC(N)CCC(C)OC. The molecule has 2 N–H and O–H groups in total. The second-order valence-electron chi connectivity index (χ2n) is 4.75. The third-order valence-corrected chi connectivity index (χ3v) is 3.75. The summed E-state index contributed by atoms with van der Waals surface area (Å²) >= 11 is 6.26. The molecule has 2 unspecified atom stereocenters. The smallest absolute Gasteiger partial charge is 0.0847 e. The van der Waals surface area contributed by atoms with E-state index in [0.717, 1.165) is 42.2 Å². The summed E-state index contributed by atoms with van der Waals surface area (Å²) < 4.78 is 7.17. The van der Waals surface area contributed by atoms with Crippen LogP contribution >= 0.6 is 11.6 Å². The van der Waals surface area contributed by atoms with E-state index in [1.54, 1.807) is 7.11 Å². The van der Waals surface area contributed by atoms with Crippen molar-refractivity contribution >= 4 is 11.6 Å². The zero-order chi connectivity index (χ0) is 13.7. The molecular formula is C13H24ClN3O. The summed E-state index contributed by atoms with van der Waals surface area (Å²) in [6.07, 6.45) is 2.92. The molecule has 18 heavy (non-hydrogen) atoms. The van der Waals surface area contributed by atoms with Crippen molar-refractivity contribution in [2.24, 2.45) is 5.73 Å². The van der Waals surface area contributed by atoms with Crippen LogP contribution in [0.5, 0.6) is 0 Å². The van der Waals surface area contributed by atoms with Crippen molar-refractivity contribution in [3.63, 3.8) is 0 Å². The summed E-state index contributed by atoms with van der Waals surface area (Å²) in [7, 11) is 1.72. The molecule has 0 amide bonds. The molecule has 2 atom stereocenters. The number of methoxy groups -OCH3 is 1. The monoisotopic (exact) mass is 273 g/mol. The Morgan fingerprint density at radius 1 is 1.44 bits per heavy atom. The molecule has 0 aliphatic rings.